The molecule has 0 aliphatic rings. The van der Waals surface area contributed by atoms with Crippen LogP contribution in [0.2, 0.25) is 0 Å². The van der Waals surface area contributed by atoms with Gasteiger partial charge in [0.05, 0.1) is 11.5 Å². The van der Waals surface area contributed by atoms with Crippen LogP contribution in [-0.2, 0) is 9.53 Å². The van der Waals surface area contributed by atoms with Crippen molar-refractivity contribution < 1.29 is 14.5 Å². The highest BCUT2D eigenvalue weighted by atomic mass is 32.2. The van der Waals surface area contributed by atoms with Crippen molar-refractivity contribution in [2.75, 3.05) is 6.61 Å². The van der Waals surface area contributed by atoms with E-state index < -0.39 is 10.9 Å². The SMILES string of the molecule is CCOC(=O)/C=C\Sc1ncccc1[N+](=O)[O-]. The van der Waals surface area contributed by atoms with Gasteiger partial charge in [-0.3, -0.25) is 10.1 Å². The molecule has 1 heterocycles. The Hall–Kier alpha value is -1.89. The molecule has 0 unspecified atom stereocenters. The molecule has 90 valence electrons. The zero-order valence-corrected chi connectivity index (χ0v) is 9.85. The highest BCUT2D eigenvalue weighted by molar-refractivity contribution is 8.02. The van der Waals surface area contributed by atoms with E-state index in [1.807, 2.05) is 0 Å². The predicted octanol–water partition coefficient (Wildman–Crippen LogP) is 2.16. The number of nitrogens with zero attached hydrogens (tertiary/aromatic N) is 2. The van der Waals surface area contributed by atoms with Crippen LogP contribution in [0.3, 0.4) is 0 Å². The van der Waals surface area contributed by atoms with Crippen LogP contribution in [0.25, 0.3) is 0 Å². The second kappa shape index (κ2) is 6.64. The van der Waals surface area contributed by atoms with E-state index >= 15 is 0 Å². The lowest BCUT2D eigenvalue weighted by atomic mass is 10.4. The Morgan fingerprint density at radius 2 is 2.47 bits per heavy atom. The summed E-state index contributed by atoms with van der Waals surface area (Å²) in [6.07, 6.45) is 2.65. The summed E-state index contributed by atoms with van der Waals surface area (Å²) in [5, 5.41) is 12.3. The normalized spacial score (nSPS) is 10.4. The molecular weight excluding hydrogens is 244 g/mol. The van der Waals surface area contributed by atoms with Crippen molar-refractivity contribution in [3.8, 4) is 0 Å². The first-order chi connectivity index (χ1) is 8.15. The summed E-state index contributed by atoms with van der Waals surface area (Å²) < 4.78 is 4.66. The zero-order chi connectivity index (χ0) is 12.7. The minimum absolute atomic E-state index is 0.0917. The molecule has 0 saturated heterocycles. The van der Waals surface area contributed by atoms with Crippen LogP contribution < -0.4 is 0 Å². The van der Waals surface area contributed by atoms with Crippen molar-refractivity contribution in [1.82, 2.24) is 4.98 Å². The van der Waals surface area contributed by atoms with Crippen molar-refractivity contribution in [3.63, 3.8) is 0 Å². The first kappa shape index (κ1) is 13.2. The molecule has 0 amide bonds. The maximum atomic E-state index is 11.0. The molecule has 0 atom stereocenters. The Morgan fingerprint density at radius 1 is 1.71 bits per heavy atom. The molecule has 1 rings (SSSR count). The van der Waals surface area contributed by atoms with Gasteiger partial charge in [-0.05, 0) is 18.4 Å². The molecule has 1 aromatic heterocycles. The molecule has 7 heteroatoms. The van der Waals surface area contributed by atoms with Crippen LogP contribution >= 0.6 is 11.8 Å². The van der Waals surface area contributed by atoms with Crippen LogP contribution in [0.5, 0.6) is 0 Å². The Labute approximate surface area is 102 Å². The highest BCUT2D eigenvalue weighted by Gasteiger charge is 2.13. The number of pyridine rings is 1. The van der Waals surface area contributed by atoms with Gasteiger partial charge in [0.1, 0.15) is 0 Å². The summed E-state index contributed by atoms with van der Waals surface area (Å²) in [4.78, 5) is 25.0. The average molecular weight is 254 g/mol. The fraction of sp³-hybridized carbons (Fsp3) is 0.200. The molecule has 17 heavy (non-hydrogen) atoms. The molecule has 0 aliphatic heterocycles. The molecule has 0 N–H and O–H groups in total. The maximum Gasteiger partial charge on any atom is 0.331 e. The highest BCUT2D eigenvalue weighted by Crippen LogP contribution is 2.26. The van der Waals surface area contributed by atoms with Gasteiger partial charge in [-0.2, -0.15) is 0 Å². The Balaban J connectivity index is 2.69. The van der Waals surface area contributed by atoms with Gasteiger partial charge in [-0.1, -0.05) is 11.8 Å². The van der Waals surface area contributed by atoms with Crippen molar-refractivity contribution in [2.24, 2.45) is 0 Å². The molecular formula is C10H10N2O4S. The number of thioether (sulfide) groups is 1. The van der Waals surface area contributed by atoms with Crippen LogP contribution in [0.15, 0.2) is 34.8 Å². The molecule has 0 bridgehead atoms. The molecule has 6 nitrogen and oxygen atoms in total. The predicted molar refractivity (Wildman–Crippen MR) is 62.5 cm³/mol. The van der Waals surface area contributed by atoms with Crippen molar-refractivity contribution in [2.45, 2.75) is 11.9 Å². The number of esters is 1. The smallest absolute Gasteiger partial charge is 0.331 e. The maximum absolute atomic E-state index is 11.0. The monoisotopic (exact) mass is 254 g/mol. The molecule has 1 aromatic rings. The topological polar surface area (TPSA) is 82.3 Å². The number of rotatable bonds is 5. The third-order valence-corrected chi connectivity index (χ3v) is 2.43. The molecule has 0 radical (unpaired) electrons. The van der Waals surface area contributed by atoms with Crippen LogP contribution in [0, 0.1) is 10.1 Å². The van der Waals surface area contributed by atoms with Crippen LogP contribution in [0.4, 0.5) is 5.69 Å². The number of carbonyl (C=O) groups excluding carboxylic acids is 1. The summed E-state index contributed by atoms with van der Waals surface area (Å²) in [5.74, 6) is -0.487. The van der Waals surface area contributed by atoms with E-state index in [-0.39, 0.29) is 17.3 Å². The molecule has 0 saturated carbocycles. The summed E-state index contributed by atoms with van der Waals surface area (Å²) in [6.45, 7) is 1.99. The van der Waals surface area contributed by atoms with Crippen molar-refractivity contribution >= 4 is 23.4 Å². The summed E-state index contributed by atoms with van der Waals surface area (Å²) in [6, 6.07) is 2.84. The minimum Gasteiger partial charge on any atom is -0.463 e. The lowest BCUT2D eigenvalue weighted by Gasteiger charge is -1.97. The van der Waals surface area contributed by atoms with E-state index in [9.17, 15) is 14.9 Å². The molecule has 0 aliphatic carbocycles. The zero-order valence-electron chi connectivity index (χ0n) is 9.03. The number of hydrogen-bond donors (Lipinski definition) is 0. The third kappa shape index (κ3) is 4.23. The Morgan fingerprint density at radius 3 is 3.12 bits per heavy atom. The average Bonchev–Trinajstić information content (AvgIpc) is 2.30. The van der Waals surface area contributed by atoms with Crippen molar-refractivity contribution in [1.29, 1.82) is 0 Å². The number of carbonyl (C=O) groups is 1. The Bertz CT molecular complexity index is 448. The van der Waals surface area contributed by atoms with Gasteiger partial charge >= 0.3 is 11.7 Å². The van der Waals surface area contributed by atoms with E-state index in [1.54, 1.807) is 6.92 Å². The fourth-order valence-electron chi connectivity index (χ4n) is 0.956. The Kier molecular flexibility index (Phi) is 5.15. The summed E-state index contributed by atoms with van der Waals surface area (Å²) >= 11 is 0.995. The molecule has 0 aromatic carbocycles. The minimum atomic E-state index is -0.520. The second-order valence-corrected chi connectivity index (χ2v) is 3.65. The molecule has 0 fully saturated rings. The third-order valence-electron chi connectivity index (χ3n) is 1.62. The number of nitro groups is 1. The van der Waals surface area contributed by atoms with E-state index in [2.05, 4.69) is 9.72 Å². The largest absolute Gasteiger partial charge is 0.463 e. The van der Waals surface area contributed by atoms with Gasteiger partial charge < -0.3 is 4.74 Å². The van der Waals surface area contributed by atoms with Crippen LogP contribution in [-0.4, -0.2) is 22.5 Å². The lowest BCUT2D eigenvalue weighted by molar-refractivity contribution is -0.388. The number of ether oxygens (including phenoxy) is 1. The van der Waals surface area contributed by atoms with Crippen molar-refractivity contribution in [3.05, 3.63) is 39.9 Å². The van der Waals surface area contributed by atoms with Gasteiger partial charge in [0.15, 0.2) is 5.03 Å². The second-order valence-electron chi connectivity index (χ2n) is 2.76. The summed E-state index contributed by atoms with van der Waals surface area (Å²) in [5.41, 5.74) is -0.0917. The molecule has 0 spiro atoms. The fourth-order valence-corrected chi connectivity index (χ4v) is 1.65. The van der Waals surface area contributed by atoms with Gasteiger partial charge in [-0.25, -0.2) is 9.78 Å². The van der Waals surface area contributed by atoms with E-state index in [0.717, 1.165) is 11.8 Å². The van der Waals surface area contributed by atoms with E-state index in [0.29, 0.717) is 0 Å². The number of hydrogen-bond acceptors (Lipinski definition) is 6. The van der Waals surface area contributed by atoms with Gasteiger partial charge in [0.2, 0.25) is 0 Å². The van der Waals surface area contributed by atoms with Crippen LogP contribution in [0.1, 0.15) is 6.92 Å². The van der Waals surface area contributed by atoms with E-state index in [4.69, 9.17) is 0 Å². The quantitative estimate of drug-likeness (QED) is 0.263. The van der Waals surface area contributed by atoms with Gasteiger partial charge in [0, 0.05) is 18.3 Å². The lowest BCUT2D eigenvalue weighted by Crippen LogP contribution is -1.98. The standard InChI is InChI=1S/C10H10N2O4S/c1-2-16-9(13)5-7-17-10-8(12(14)15)4-3-6-11-10/h3-7H,2H2,1H3/b7-5-. The van der Waals surface area contributed by atoms with Gasteiger partial charge in [-0.15, -0.1) is 0 Å². The summed E-state index contributed by atoms with van der Waals surface area (Å²) in [7, 11) is 0. The first-order valence-electron chi connectivity index (χ1n) is 4.74. The van der Waals surface area contributed by atoms with Gasteiger partial charge in [0.25, 0.3) is 0 Å². The number of aromatic nitrogens is 1. The van der Waals surface area contributed by atoms with E-state index in [1.165, 1.54) is 29.8 Å². The first-order valence-corrected chi connectivity index (χ1v) is 5.62.